The zero-order valence-corrected chi connectivity index (χ0v) is 8.42. The van der Waals surface area contributed by atoms with E-state index in [9.17, 15) is 0 Å². The lowest BCUT2D eigenvalue weighted by Gasteiger charge is -2.28. The molecule has 0 radical (unpaired) electrons. The van der Waals surface area contributed by atoms with Crippen molar-refractivity contribution in [1.82, 2.24) is 10.7 Å². The highest BCUT2D eigenvalue weighted by Gasteiger charge is 2.28. The first-order valence-electron chi connectivity index (χ1n) is 5.67. The maximum atomic E-state index is 4.35. The normalized spacial score (nSPS) is 31.3. The fourth-order valence-corrected chi connectivity index (χ4v) is 2.32. The predicted molar refractivity (Wildman–Crippen MR) is 57.3 cm³/mol. The van der Waals surface area contributed by atoms with E-state index in [2.05, 4.69) is 21.9 Å². The second kappa shape index (κ2) is 3.39. The molecule has 3 rings (SSSR count). The number of nitrogens with zero attached hydrogens (tertiary/aromatic N) is 1. The van der Waals surface area contributed by atoms with Gasteiger partial charge >= 0.3 is 0 Å². The van der Waals surface area contributed by atoms with Crippen LogP contribution in [0.3, 0.4) is 0 Å². The predicted octanol–water partition coefficient (Wildman–Crippen LogP) is 1.18. The van der Waals surface area contributed by atoms with E-state index in [-0.39, 0.29) is 0 Å². The first kappa shape index (κ1) is 8.48. The molecule has 0 aromatic heterocycles. The van der Waals surface area contributed by atoms with Gasteiger partial charge in [-0.2, -0.15) is 5.10 Å². The lowest BCUT2D eigenvalue weighted by molar-refractivity contribution is 0.468. The average Bonchev–Trinajstić information content (AvgIpc) is 3.02. The molecule has 2 aliphatic carbocycles. The minimum absolute atomic E-state index is 0.714. The first-order valence-corrected chi connectivity index (χ1v) is 5.67. The van der Waals surface area contributed by atoms with Crippen LogP contribution in [0.2, 0.25) is 0 Å². The Kier molecular flexibility index (Phi) is 2.05. The molecule has 2 saturated carbocycles. The molecule has 1 atom stereocenters. The van der Waals surface area contributed by atoms with Gasteiger partial charge in [-0.1, -0.05) is 6.08 Å². The van der Waals surface area contributed by atoms with Crippen LogP contribution in [0.1, 0.15) is 32.1 Å². The minimum Gasteiger partial charge on any atom is -0.311 e. The Labute approximate surface area is 84.6 Å². The summed E-state index contributed by atoms with van der Waals surface area (Å²) in [5.41, 5.74) is 5.82. The third kappa shape index (κ3) is 1.69. The van der Waals surface area contributed by atoms with E-state index in [1.807, 2.05) is 0 Å². The highest BCUT2D eigenvalue weighted by molar-refractivity contribution is 6.01. The van der Waals surface area contributed by atoms with Crippen molar-refractivity contribution in [3.8, 4) is 0 Å². The van der Waals surface area contributed by atoms with E-state index >= 15 is 0 Å². The fraction of sp³-hybridized carbons (Fsp3) is 0.727. The van der Waals surface area contributed by atoms with E-state index in [1.54, 1.807) is 0 Å². The Bertz CT molecular complexity index is 289. The number of hydrogen-bond donors (Lipinski definition) is 2. The van der Waals surface area contributed by atoms with Crippen LogP contribution >= 0.6 is 0 Å². The summed E-state index contributed by atoms with van der Waals surface area (Å²) in [5, 5.41) is 8.06. The van der Waals surface area contributed by atoms with Crippen molar-refractivity contribution in [3.63, 3.8) is 0 Å². The van der Waals surface area contributed by atoms with Crippen LogP contribution in [0.15, 0.2) is 16.8 Å². The van der Waals surface area contributed by atoms with Crippen molar-refractivity contribution in [2.45, 2.75) is 44.2 Å². The highest BCUT2D eigenvalue weighted by Crippen LogP contribution is 2.27. The molecule has 3 aliphatic rings. The third-order valence-corrected chi connectivity index (χ3v) is 3.27. The van der Waals surface area contributed by atoms with Crippen LogP contribution in [0.25, 0.3) is 0 Å². The van der Waals surface area contributed by atoms with Crippen molar-refractivity contribution in [2.75, 3.05) is 6.54 Å². The van der Waals surface area contributed by atoms with Crippen LogP contribution in [0, 0.1) is 0 Å². The largest absolute Gasteiger partial charge is 0.311 e. The smallest absolute Gasteiger partial charge is 0.0633 e. The standard InChI is InChI=1S/C11H17N3/c1-2-9(1)13-10-3-4-11-8(7-10)5-6-12-14-11/h5,9-10,12-13H,1-4,6-7H2. The van der Waals surface area contributed by atoms with Crippen LogP contribution < -0.4 is 10.7 Å². The molecule has 0 bridgehead atoms. The second-order valence-corrected chi connectivity index (χ2v) is 4.53. The number of rotatable bonds is 2. The van der Waals surface area contributed by atoms with Gasteiger partial charge in [-0.3, -0.25) is 0 Å². The van der Waals surface area contributed by atoms with Gasteiger partial charge in [0.2, 0.25) is 0 Å². The molecule has 0 aromatic carbocycles. The summed E-state index contributed by atoms with van der Waals surface area (Å²) in [7, 11) is 0. The maximum Gasteiger partial charge on any atom is 0.0633 e. The quantitative estimate of drug-likeness (QED) is 0.687. The van der Waals surface area contributed by atoms with Gasteiger partial charge < -0.3 is 10.7 Å². The SMILES string of the molecule is C1=C2CC(NC3CC3)CCC2=NNC1. The molecule has 76 valence electrons. The Balaban J connectivity index is 1.64. The van der Waals surface area contributed by atoms with E-state index in [0.717, 1.165) is 19.0 Å². The zero-order valence-electron chi connectivity index (χ0n) is 8.42. The maximum absolute atomic E-state index is 4.35. The number of hydrogen-bond acceptors (Lipinski definition) is 3. The van der Waals surface area contributed by atoms with E-state index in [1.165, 1.54) is 37.0 Å². The van der Waals surface area contributed by atoms with Crippen molar-refractivity contribution in [3.05, 3.63) is 11.6 Å². The van der Waals surface area contributed by atoms with Gasteiger partial charge in [-0.05, 0) is 37.7 Å². The summed E-state index contributed by atoms with van der Waals surface area (Å²) in [5.74, 6) is 0. The monoisotopic (exact) mass is 191 g/mol. The molecule has 2 N–H and O–H groups in total. The van der Waals surface area contributed by atoms with Gasteiger partial charge in [-0.15, -0.1) is 0 Å². The summed E-state index contributed by atoms with van der Waals surface area (Å²) in [4.78, 5) is 0. The van der Waals surface area contributed by atoms with Gasteiger partial charge in [0, 0.05) is 12.1 Å². The molecular weight excluding hydrogens is 174 g/mol. The summed E-state index contributed by atoms with van der Waals surface area (Å²) in [6.07, 6.45) is 8.66. The van der Waals surface area contributed by atoms with Gasteiger partial charge in [0.25, 0.3) is 0 Å². The number of fused-ring (bicyclic) bond motifs is 1. The van der Waals surface area contributed by atoms with Gasteiger partial charge in [0.15, 0.2) is 0 Å². The number of nitrogens with one attached hydrogen (secondary N) is 2. The van der Waals surface area contributed by atoms with Crippen LogP contribution in [0.4, 0.5) is 0 Å². The number of hydrazone groups is 1. The lowest BCUT2D eigenvalue weighted by Crippen LogP contribution is -2.37. The molecule has 0 spiro atoms. The van der Waals surface area contributed by atoms with Crippen molar-refractivity contribution in [1.29, 1.82) is 0 Å². The Hall–Kier alpha value is -0.830. The Morgan fingerprint density at radius 3 is 3.07 bits per heavy atom. The topological polar surface area (TPSA) is 36.4 Å². The molecule has 0 amide bonds. The Morgan fingerprint density at radius 2 is 2.21 bits per heavy atom. The zero-order chi connectivity index (χ0) is 9.38. The Morgan fingerprint density at radius 1 is 1.29 bits per heavy atom. The molecular formula is C11H17N3. The molecule has 0 saturated heterocycles. The second-order valence-electron chi connectivity index (χ2n) is 4.53. The van der Waals surface area contributed by atoms with Crippen molar-refractivity contribution in [2.24, 2.45) is 5.10 Å². The highest BCUT2D eigenvalue weighted by atomic mass is 15.3. The average molecular weight is 191 g/mol. The van der Waals surface area contributed by atoms with Crippen molar-refractivity contribution < 1.29 is 0 Å². The van der Waals surface area contributed by atoms with E-state index < -0.39 is 0 Å². The molecule has 2 fully saturated rings. The first-order chi connectivity index (χ1) is 6.92. The lowest BCUT2D eigenvalue weighted by atomic mass is 9.88. The summed E-state index contributed by atoms with van der Waals surface area (Å²) in [6, 6.07) is 1.55. The summed E-state index contributed by atoms with van der Waals surface area (Å²) >= 11 is 0. The summed E-state index contributed by atoms with van der Waals surface area (Å²) in [6.45, 7) is 0.912. The molecule has 14 heavy (non-hydrogen) atoms. The minimum atomic E-state index is 0.714. The van der Waals surface area contributed by atoms with Crippen LogP contribution in [-0.4, -0.2) is 24.3 Å². The van der Waals surface area contributed by atoms with Gasteiger partial charge in [-0.25, -0.2) is 0 Å². The van der Waals surface area contributed by atoms with E-state index in [0.29, 0.717) is 6.04 Å². The van der Waals surface area contributed by atoms with Crippen LogP contribution in [-0.2, 0) is 0 Å². The third-order valence-electron chi connectivity index (χ3n) is 3.27. The van der Waals surface area contributed by atoms with Gasteiger partial charge in [0.1, 0.15) is 0 Å². The molecule has 1 heterocycles. The molecule has 1 unspecified atom stereocenters. The molecule has 1 aliphatic heterocycles. The summed E-state index contributed by atoms with van der Waals surface area (Å²) < 4.78 is 0. The van der Waals surface area contributed by atoms with E-state index in [4.69, 9.17) is 0 Å². The fourth-order valence-electron chi connectivity index (χ4n) is 2.32. The molecule has 3 nitrogen and oxygen atoms in total. The molecule has 3 heteroatoms. The molecule has 0 aromatic rings. The van der Waals surface area contributed by atoms with Crippen LogP contribution in [0.5, 0.6) is 0 Å². The van der Waals surface area contributed by atoms with Crippen molar-refractivity contribution >= 4 is 5.71 Å². The van der Waals surface area contributed by atoms with Gasteiger partial charge in [0.05, 0.1) is 12.3 Å².